The lowest BCUT2D eigenvalue weighted by Gasteiger charge is -2.37. The Morgan fingerprint density at radius 2 is 1.66 bits per heavy atom. The molecule has 1 saturated heterocycles. The number of halogens is 3. The molecule has 172 valence electrons. The van der Waals surface area contributed by atoms with E-state index in [0.29, 0.717) is 37.7 Å². The Labute approximate surface area is 184 Å². The minimum atomic E-state index is -4.43. The highest BCUT2D eigenvalue weighted by Crippen LogP contribution is 2.29. The van der Waals surface area contributed by atoms with Crippen molar-refractivity contribution in [1.82, 2.24) is 15.2 Å². The summed E-state index contributed by atoms with van der Waals surface area (Å²) in [6, 6.07) is 10.1. The monoisotopic (exact) mass is 449 g/mol. The topological polar surface area (TPSA) is 77.6 Å². The Morgan fingerprint density at radius 3 is 2.19 bits per heavy atom. The molecule has 0 unspecified atom stereocenters. The molecule has 1 aliphatic rings. The molecule has 0 bridgehead atoms. The average molecular weight is 449 g/mol. The number of anilines is 2. The SMILES string of the molecule is CC(C)[C@@H](NC(=O)Nc1ccccc1)C(=O)N1CCN(c2ccc(C(F)(F)F)cn2)CC1. The first-order valence-electron chi connectivity index (χ1n) is 10.3. The van der Waals surface area contributed by atoms with Crippen molar-refractivity contribution in [1.29, 1.82) is 0 Å². The molecule has 1 aliphatic heterocycles. The van der Waals surface area contributed by atoms with Gasteiger partial charge in [-0.05, 0) is 30.2 Å². The number of nitrogens with one attached hydrogen (secondary N) is 2. The molecule has 7 nitrogen and oxygen atoms in total. The van der Waals surface area contributed by atoms with Crippen LogP contribution in [0.1, 0.15) is 19.4 Å². The molecule has 1 atom stereocenters. The van der Waals surface area contributed by atoms with E-state index in [1.165, 1.54) is 6.07 Å². The lowest BCUT2D eigenvalue weighted by Crippen LogP contribution is -2.57. The average Bonchev–Trinajstić information content (AvgIpc) is 2.77. The number of alkyl halides is 3. The fourth-order valence-electron chi connectivity index (χ4n) is 3.44. The van der Waals surface area contributed by atoms with Crippen LogP contribution in [0.25, 0.3) is 0 Å². The van der Waals surface area contributed by atoms with Gasteiger partial charge in [-0.1, -0.05) is 32.0 Å². The predicted octanol–water partition coefficient (Wildman–Crippen LogP) is 3.60. The molecule has 0 spiro atoms. The third-order valence-electron chi connectivity index (χ3n) is 5.24. The van der Waals surface area contributed by atoms with Crippen molar-refractivity contribution >= 4 is 23.4 Å². The van der Waals surface area contributed by atoms with Crippen LogP contribution in [0.4, 0.5) is 29.5 Å². The van der Waals surface area contributed by atoms with Crippen LogP contribution in [-0.2, 0) is 11.0 Å². The quantitative estimate of drug-likeness (QED) is 0.731. The van der Waals surface area contributed by atoms with Gasteiger partial charge in [-0.15, -0.1) is 0 Å². The fourth-order valence-corrected chi connectivity index (χ4v) is 3.44. The van der Waals surface area contributed by atoms with E-state index in [9.17, 15) is 22.8 Å². The predicted molar refractivity (Wildman–Crippen MR) is 115 cm³/mol. The standard InChI is InChI=1S/C22H26F3N5O2/c1-15(2)19(28-21(32)27-17-6-4-3-5-7-17)20(31)30-12-10-29(11-13-30)18-9-8-16(14-26-18)22(23,24)25/h3-9,14-15,19H,10-13H2,1-2H3,(H2,27,28,32)/t19-/m1/s1. The lowest BCUT2D eigenvalue weighted by molar-refractivity contribution is -0.138. The van der Waals surface area contributed by atoms with E-state index in [1.807, 2.05) is 24.8 Å². The van der Waals surface area contributed by atoms with E-state index in [-0.39, 0.29) is 11.8 Å². The highest BCUT2D eigenvalue weighted by molar-refractivity contribution is 5.93. The smallest absolute Gasteiger partial charge is 0.353 e. The molecule has 0 saturated carbocycles. The number of amides is 3. The molecule has 0 aliphatic carbocycles. The minimum Gasteiger partial charge on any atom is -0.353 e. The molecule has 3 amide bonds. The first kappa shape index (κ1) is 23.4. The number of benzene rings is 1. The van der Waals surface area contributed by atoms with Crippen LogP contribution in [0.15, 0.2) is 48.7 Å². The summed E-state index contributed by atoms with van der Waals surface area (Å²) in [5, 5.41) is 5.46. The number of urea groups is 1. The molecule has 2 heterocycles. The number of para-hydroxylation sites is 1. The Balaban J connectivity index is 1.57. The van der Waals surface area contributed by atoms with Crippen LogP contribution in [0.5, 0.6) is 0 Å². The van der Waals surface area contributed by atoms with E-state index in [1.54, 1.807) is 29.2 Å². The van der Waals surface area contributed by atoms with E-state index in [4.69, 9.17) is 0 Å². The number of nitrogens with zero attached hydrogens (tertiary/aromatic N) is 3. The van der Waals surface area contributed by atoms with Gasteiger partial charge in [-0.3, -0.25) is 4.79 Å². The maximum atomic E-state index is 13.1. The van der Waals surface area contributed by atoms with Crippen molar-refractivity contribution in [2.45, 2.75) is 26.1 Å². The van der Waals surface area contributed by atoms with Gasteiger partial charge >= 0.3 is 12.2 Å². The molecule has 2 aromatic rings. The van der Waals surface area contributed by atoms with Crippen molar-refractivity contribution in [3.63, 3.8) is 0 Å². The Bertz CT molecular complexity index is 911. The zero-order chi connectivity index (χ0) is 23.3. The van der Waals surface area contributed by atoms with Crippen molar-refractivity contribution in [2.75, 3.05) is 36.4 Å². The van der Waals surface area contributed by atoms with Gasteiger partial charge in [0.05, 0.1) is 5.56 Å². The number of pyridine rings is 1. The molecule has 1 aromatic heterocycles. The Morgan fingerprint density at radius 1 is 1.00 bits per heavy atom. The molecular formula is C22H26F3N5O2. The van der Waals surface area contributed by atoms with Gasteiger partial charge < -0.3 is 20.4 Å². The number of hydrogen-bond donors (Lipinski definition) is 2. The lowest BCUT2D eigenvalue weighted by atomic mass is 10.0. The first-order chi connectivity index (χ1) is 15.1. The van der Waals surface area contributed by atoms with Gasteiger partial charge in [0.1, 0.15) is 11.9 Å². The molecular weight excluding hydrogens is 423 g/mol. The highest BCUT2D eigenvalue weighted by atomic mass is 19.4. The number of carbonyl (C=O) groups is 2. The number of aromatic nitrogens is 1. The van der Waals surface area contributed by atoms with Crippen LogP contribution in [0, 0.1) is 5.92 Å². The molecule has 32 heavy (non-hydrogen) atoms. The van der Waals surface area contributed by atoms with Crippen molar-refractivity contribution in [2.24, 2.45) is 5.92 Å². The van der Waals surface area contributed by atoms with Crippen LogP contribution in [-0.4, -0.2) is 54.0 Å². The highest BCUT2D eigenvalue weighted by Gasteiger charge is 2.32. The Kier molecular flexibility index (Phi) is 7.22. The third-order valence-corrected chi connectivity index (χ3v) is 5.24. The fraction of sp³-hybridized carbons (Fsp3) is 0.409. The third kappa shape index (κ3) is 5.89. The maximum Gasteiger partial charge on any atom is 0.417 e. The van der Waals surface area contributed by atoms with Crippen LogP contribution >= 0.6 is 0 Å². The molecule has 1 aromatic carbocycles. The summed E-state index contributed by atoms with van der Waals surface area (Å²) >= 11 is 0. The van der Waals surface area contributed by atoms with E-state index in [2.05, 4.69) is 15.6 Å². The maximum absolute atomic E-state index is 13.1. The summed E-state index contributed by atoms with van der Waals surface area (Å²) in [4.78, 5) is 32.8. The summed E-state index contributed by atoms with van der Waals surface area (Å²) in [6.07, 6.45) is -3.61. The molecule has 0 radical (unpaired) electrons. The number of hydrogen-bond acceptors (Lipinski definition) is 4. The zero-order valence-corrected chi connectivity index (χ0v) is 17.9. The van der Waals surface area contributed by atoms with Gasteiger partial charge in [-0.2, -0.15) is 13.2 Å². The summed E-state index contributed by atoms with van der Waals surface area (Å²) in [5.41, 5.74) is -0.174. The van der Waals surface area contributed by atoms with E-state index < -0.39 is 23.8 Å². The van der Waals surface area contributed by atoms with Crippen molar-refractivity contribution in [3.05, 3.63) is 54.2 Å². The molecule has 3 rings (SSSR count). The summed E-state index contributed by atoms with van der Waals surface area (Å²) in [5.74, 6) is 0.118. The normalized spacial score (nSPS) is 15.4. The van der Waals surface area contributed by atoms with E-state index >= 15 is 0 Å². The van der Waals surface area contributed by atoms with Gasteiger partial charge in [0.25, 0.3) is 0 Å². The van der Waals surface area contributed by atoms with Crippen LogP contribution in [0.3, 0.4) is 0 Å². The summed E-state index contributed by atoms with van der Waals surface area (Å²) < 4.78 is 38.2. The van der Waals surface area contributed by atoms with Crippen LogP contribution in [0.2, 0.25) is 0 Å². The number of carbonyl (C=O) groups excluding carboxylic acids is 2. The van der Waals surface area contributed by atoms with Gasteiger partial charge in [0.15, 0.2) is 0 Å². The number of rotatable bonds is 5. The summed E-state index contributed by atoms with van der Waals surface area (Å²) in [6.45, 7) is 5.34. The zero-order valence-electron chi connectivity index (χ0n) is 17.9. The number of piperazine rings is 1. The first-order valence-corrected chi connectivity index (χ1v) is 10.3. The largest absolute Gasteiger partial charge is 0.417 e. The second kappa shape index (κ2) is 9.88. The van der Waals surface area contributed by atoms with Crippen LogP contribution < -0.4 is 15.5 Å². The Hall–Kier alpha value is -3.30. The second-order valence-corrected chi connectivity index (χ2v) is 7.90. The molecule has 2 N–H and O–H groups in total. The molecule has 1 fully saturated rings. The van der Waals surface area contributed by atoms with Gasteiger partial charge in [0.2, 0.25) is 5.91 Å². The minimum absolute atomic E-state index is 0.126. The molecule has 10 heteroatoms. The van der Waals surface area contributed by atoms with Crippen molar-refractivity contribution in [3.8, 4) is 0 Å². The van der Waals surface area contributed by atoms with Gasteiger partial charge in [0, 0.05) is 38.1 Å². The van der Waals surface area contributed by atoms with E-state index in [0.717, 1.165) is 12.3 Å². The van der Waals surface area contributed by atoms with Gasteiger partial charge in [-0.25, -0.2) is 9.78 Å². The second-order valence-electron chi connectivity index (χ2n) is 7.90. The van der Waals surface area contributed by atoms with Crippen molar-refractivity contribution < 1.29 is 22.8 Å². The summed E-state index contributed by atoms with van der Waals surface area (Å²) in [7, 11) is 0.